The van der Waals surface area contributed by atoms with Crippen LogP contribution in [0.2, 0.25) is 0 Å². The summed E-state index contributed by atoms with van der Waals surface area (Å²) in [5.41, 5.74) is 4.32. The van der Waals surface area contributed by atoms with Gasteiger partial charge >= 0.3 is 6.03 Å². The summed E-state index contributed by atoms with van der Waals surface area (Å²) in [5.74, 6) is 6.32. The number of nitrogens with one attached hydrogen (secondary N) is 1. The van der Waals surface area contributed by atoms with Gasteiger partial charge in [0.1, 0.15) is 5.75 Å². The lowest BCUT2D eigenvalue weighted by molar-refractivity contribution is -0.108. The van der Waals surface area contributed by atoms with E-state index < -0.39 is 12.1 Å². The summed E-state index contributed by atoms with van der Waals surface area (Å²) >= 11 is 0. The summed E-state index contributed by atoms with van der Waals surface area (Å²) in [6, 6.07) is 16.0. The largest absolute Gasteiger partial charge is 0.494 e. The maximum Gasteiger partial charge on any atom is 0.325 e. The van der Waals surface area contributed by atoms with Crippen molar-refractivity contribution in [1.82, 2.24) is 20.1 Å². The van der Waals surface area contributed by atoms with E-state index >= 15 is 0 Å². The van der Waals surface area contributed by atoms with E-state index in [0.29, 0.717) is 30.9 Å². The number of hydrogen-bond donors (Lipinski definition) is 1. The quantitative estimate of drug-likeness (QED) is 0.357. The monoisotopic (exact) mass is 496 g/mol. The number of imide groups is 1. The minimum Gasteiger partial charge on any atom is -0.494 e. The lowest BCUT2D eigenvalue weighted by atomic mass is 10.00. The van der Waals surface area contributed by atoms with Crippen molar-refractivity contribution < 1.29 is 19.1 Å². The van der Waals surface area contributed by atoms with Gasteiger partial charge in [0.2, 0.25) is 6.41 Å². The third-order valence-electron chi connectivity index (χ3n) is 6.21. The van der Waals surface area contributed by atoms with Crippen LogP contribution in [0.5, 0.6) is 5.75 Å². The summed E-state index contributed by atoms with van der Waals surface area (Å²) in [6.07, 6.45) is 3.81. The number of pyridine rings is 1. The first kappa shape index (κ1) is 25.5. The van der Waals surface area contributed by atoms with Crippen LogP contribution in [0.4, 0.5) is 4.79 Å². The van der Waals surface area contributed by atoms with Crippen LogP contribution in [0.1, 0.15) is 41.4 Å². The van der Waals surface area contributed by atoms with Gasteiger partial charge in [-0.1, -0.05) is 30.2 Å². The van der Waals surface area contributed by atoms with Crippen LogP contribution in [0.15, 0.2) is 67.0 Å². The average molecular weight is 497 g/mol. The molecule has 8 heteroatoms. The number of amides is 4. The Hall–Kier alpha value is -4.64. The molecule has 1 atom stereocenters. The lowest BCUT2D eigenvalue weighted by Crippen LogP contribution is -2.46. The van der Waals surface area contributed by atoms with Crippen molar-refractivity contribution in [2.45, 2.75) is 26.4 Å². The van der Waals surface area contributed by atoms with Crippen molar-refractivity contribution in [2.24, 2.45) is 0 Å². The molecular weight excluding hydrogens is 468 g/mol. The third kappa shape index (κ3) is 5.78. The molecule has 1 aliphatic rings. The van der Waals surface area contributed by atoms with E-state index in [-0.39, 0.29) is 19.0 Å². The Morgan fingerprint density at radius 3 is 2.57 bits per heavy atom. The number of nitrogens with zero attached hydrogens (tertiary/aromatic N) is 3. The van der Waals surface area contributed by atoms with Gasteiger partial charge in [-0.2, -0.15) is 0 Å². The molecular formula is C29H28N4O4. The fourth-order valence-corrected chi connectivity index (χ4v) is 4.42. The second-order valence-electron chi connectivity index (χ2n) is 8.43. The van der Waals surface area contributed by atoms with E-state index in [0.717, 1.165) is 22.3 Å². The summed E-state index contributed by atoms with van der Waals surface area (Å²) in [7, 11) is 0. The highest BCUT2D eigenvalue weighted by molar-refractivity contribution is 5.98. The van der Waals surface area contributed by atoms with Crippen molar-refractivity contribution in [1.29, 1.82) is 0 Å². The molecule has 0 fully saturated rings. The molecule has 2 heterocycles. The fraction of sp³-hybridized carbons (Fsp3) is 0.241. The molecule has 1 aromatic heterocycles. The van der Waals surface area contributed by atoms with Gasteiger partial charge in [-0.15, -0.1) is 5.92 Å². The van der Waals surface area contributed by atoms with Gasteiger partial charge in [-0.3, -0.25) is 19.9 Å². The van der Waals surface area contributed by atoms with Gasteiger partial charge in [-0.25, -0.2) is 4.79 Å². The molecule has 4 amide bonds. The number of aromatic nitrogens is 1. The third-order valence-corrected chi connectivity index (χ3v) is 6.21. The number of carbonyl (C=O) groups excluding carboxylic acids is 3. The first-order valence-corrected chi connectivity index (χ1v) is 12.0. The minimum absolute atomic E-state index is 0.0937. The molecule has 4 rings (SSSR count). The van der Waals surface area contributed by atoms with Crippen molar-refractivity contribution in [3.8, 4) is 28.7 Å². The highest BCUT2D eigenvalue weighted by Gasteiger charge is 2.33. The molecule has 0 unspecified atom stereocenters. The zero-order valence-corrected chi connectivity index (χ0v) is 20.8. The maximum atomic E-state index is 13.3. The number of carbonyl (C=O) groups is 3. The molecule has 2 aromatic carbocycles. The van der Waals surface area contributed by atoms with Gasteiger partial charge in [0.25, 0.3) is 5.91 Å². The molecule has 0 spiro atoms. The van der Waals surface area contributed by atoms with E-state index in [1.807, 2.05) is 49.4 Å². The van der Waals surface area contributed by atoms with Gasteiger partial charge < -0.3 is 14.5 Å². The molecule has 8 nitrogen and oxygen atoms in total. The van der Waals surface area contributed by atoms with Crippen LogP contribution in [-0.4, -0.2) is 52.8 Å². The Labute approximate surface area is 216 Å². The highest BCUT2D eigenvalue weighted by atomic mass is 16.5. The second-order valence-corrected chi connectivity index (χ2v) is 8.43. The molecule has 37 heavy (non-hydrogen) atoms. The van der Waals surface area contributed by atoms with E-state index in [4.69, 9.17) is 4.74 Å². The zero-order chi connectivity index (χ0) is 26.2. The zero-order valence-electron chi connectivity index (χ0n) is 20.8. The van der Waals surface area contributed by atoms with Crippen molar-refractivity contribution in [3.63, 3.8) is 0 Å². The van der Waals surface area contributed by atoms with Crippen LogP contribution in [0.25, 0.3) is 11.1 Å². The average Bonchev–Trinajstić information content (AvgIpc) is 3.23. The molecule has 0 bridgehead atoms. The smallest absolute Gasteiger partial charge is 0.325 e. The Kier molecular flexibility index (Phi) is 8.16. The van der Waals surface area contributed by atoms with Gasteiger partial charge in [0.15, 0.2) is 0 Å². The Morgan fingerprint density at radius 2 is 1.89 bits per heavy atom. The van der Waals surface area contributed by atoms with Crippen LogP contribution < -0.4 is 10.1 Å². The molecule has 0 saturated heterocycles. The van der Waals surface area contributed by atoms with Gasteiger partial charge in [-0.05, 0) is 66.4 Å². The molecule has 0 aliphatic carbocycles. The maximum absolute atomic E-state index is 13.3. The summed E-state index contributed by atoms with van der Waals surface area (Å²) in [6.45, 7) is 4.84. The molecule has 0 radical (unpaired) electrons. The van der Waals surface area contributed by atoms with Gasteiger partial charge in [0.05, 0.1) is 19.2 Å². The number of ether oxygens (including phenoxy) is 1. The van der Waals surface area contributed by atoms with Gasteiger partial charge in [0, 0.05) is 31.0 Å². The second kappa shape index (κ2) is 11.9. The number of fused-ring (bicyclic) bond motifs is 1. The number of rotatable bonds is 9. The molecule has 188 valence electrons. The Morgan fingerprint density at radius 1 is 1.16 bits per heavy atom. The standard InChI is InChI=1S/C29H28N4O4/c1-3-5-16-33(29(36)31-20-34)27(23-8-6-21(7-9-23)22-12-14-30-15-13-22)19-32-18-24-17-25(37-4-2)10-11-26(24)28(32)35/h6-15,17,20,27H,4,16,18-19H2,1-2H3,(H,31,34,36)/t27-/m0/s1. The SMILES string of the molecule is CC#CCN(C(=O)NC=O)[C@@H](CN1Cc2cc(OCC)ccc2C1=O)c1ccc(-c2ccncc2)cc1. The molecule has 3 aromatic rings. The lowest BCUT2D eigenvalue weighted by Gasteiger charge is -2.33. The Bertz CT molecular complexity index is 1330. The van der Waals surface area contributed by atoms with Crippen LogP contribution >= 0.6 is 0 Å². The van der Waals surface area contributed by atoms with Crippen LogP contribution in [0, 0.1) is 11.8 Å². The summed E-state index contributed by atoms with van der Waals surface area (Å²) < 4.78 is 5.60. The van der Waals surface area contributed by atoms with Crippen molar-refractivity contribution >= 4 is 18.3 Å². The van der Waals surface area contributed by atoms with E-state index in [1.165, 1.54) is 4.90 Å². The van der Waals surface area contributed by atoms with E-state index in [9.17, 15) is 14.4 Å². The minimum atomic E-state index is -0.580. The normalized spacial score (nSPS) is 12.7. The van der Waals surface area contributed by atoms with E-state index in [1.54, 1.807) is 36.4 Å². The van der Waals surface area contributed by atoms with E-state index in [2.05, 4.69) is 22.1 Å². The molecule has 0 saturated carbocycles. The predicted octanol–water partition coefficient (Wildman–Crippen LogP) is 4.04. The van der Waals surface area contributed by atoms with Crippen molar-refractivity contribution in [2.75, 3.05) is 19.7 Å². The number of benzene rings is 2. The van der Waals surface area contributed by atoms with Crippen LogP contribution in [-0.2, 0) is 11.3 Å². The first-order valence-electron chi connectivity index (χ1n) is 12.0. The van der Waals surface area contributed by atoms with Crippen molar-refractivity contribution in [3.05, 3.63) is 83.7 Å². The molecule has 1 N–H and O–H groups in total. The predicted molar refractivity (Wildman–Crippen MR) is 140 cm³/mol. The first-order chi connectivity index (χ1) is 18.0. The summed E-state index contributed by atoms with van der Waals surface area (Å²) in [5, 5.41) is 2.23. The topological polar surface area (TPSA) is 91.8 Å². The molecule has 1 aliphatic heterocycles. The number of urea groups is 1. The Balaban J connectivity index is 1.67. The fourth-order valence-electron chi connectivity index (χ4n) is 4.42. The van der Waals surface area contributed by atoms with Crippen LogP contribution in [0.3, 0.4) is 0 Å². The summed E-state index contributed by atoms with van der Waals surface area (Å²) in [4.78, 5) is 44.6. The highest BCUT2D eigenvalue weighted by Crippen LogP contribution is 2.31. The number of hydrogen-bond acceptors (Lipinski definition) is 5.